The molecule has 0 bridgehead atoms. The monoisotopic (exact) mass is 254 g/mol. The molecule has 1 aliphatic carbocycles. The number of nitrogens with one attached hydrogen (secondary N) is 1. The summed E-state index contributed by atoms with van der Waals surface area (Å²) in [7, 11) is 0. The van der Waals surface area contributed by atoms with Crippen LogP contribution in [0, 0.1) is 5.41 Å². The van der Waals surface area contributed by atoms with E-state index in [1.807, 2.05) is 0 Å². The van der Waals surface area contributed by atoms with Crippen LogP contribution in [0.2, 0.25) is 0 Å². The molecule has 0 aromatic carbocycles. The highest BCUT2D eigenvalue weighted by Crippen LogP contribution is 2.43. The van der Waals surface area contributed by atoms with E-state index in [1.165, 1.54) is 6.42 Å². The Hall–Kier alpha value is -1.59. The number of carbonyl (C=O) groups is 2. The van der Waals surface area contributed by atoms with Gasteiger partial charge in [-0.25, -0.2) is 4.79 Å². The smallest absolute Gasteiger partial charge is 0.353 e. The van der Waals surface area contributed by atoms with Gasteiger partial charge < -0.3 is 15.3 Å². The van der Waals surface area contributed by atoms with E-state index in [-0.39, 0.29) is 23.5 Å². The molecule has 18 heavy (non-hydrogen) atoms. The fourth-order valence-electron chi connectivity index (χ4n) is 2.36. The number of amides is 1. The van der Waals surface area contributed by atoms with Gasteiger partial charge in [0, 0.05) is 13.0 Å². The number of hydrogen-bond donors (Lipinski definition) is 2. The van der Waals surface area contributed by atoms with Crippen molar-refractivity contribution >= 4 is 17.6 Å². The molecule has 0 saturated heterocycles. The number of carboxylic acids is 1. The van der Waals surface area contributed by atoms with Crippen LogP contribution in [-0.2, 0) is 14.4 Å². The molecule has 1 atom stereocenters. The molecule has 2 N–H and O–H groups in total. The first-order valence-electron chi connectivity index (χ1n) is 6.30. The maximum absolute atomic E-state index is 11.8. The Bertz CT molecular complexity index is 382. The van der Waals surface area contributed by atoms with Gasteiger partial charge in [0.1, 0.15) is 0 Å². The van der Waals surface area contributed by atoms with Crippen molar-refractivity contribution in [1.29, 1.82) is 0 Å². The highest BCUT2D eigenvalue weighted by Gasteiger charge is 2.37. The average molecular weight is 254 g/mol. The minimum Gasteiger partial charge on any atom is -0.477 e. The Morgan fingerprint density at radius 2 is 2.28 bits per heavy atom. The lowest BCUT2D eigenvalue weighted by Crippen LogP contribution is -2.45. The zero-order valence-electron chi connectivity index (χ0n) is 10.4. The summed E-state index contributed by atoms with van der Waals surface area (Å²) in [4.78, 5) is 27.3. The lowest BCUT2D eigenvalue weighted by molar-refractivity contribution is -0.132. The van der Waals surface area contributed by atoms with Crippen molar-refractivity contribution in [2.45, 2.75) is 45.1 Å². The number of hydrogen-bond acceptors (Lipinski definition) is 4. The zero-order valence-corrected chi connectivity index (χ0v) is 10.4. The van der Waals surface area contributed by atoms with Gasteiger partial charge in [-0.15, -0.1) is 0 Å². The van der Waals surface area contributed by atoms with Gasteiger partial charge in [0.2, 0.25) is 6.10 Å². The molecule has 1 fully saturated rings. The minimum atomic E-state index is -1.13. The largest absolute Gasteiger partial charge is 0.477 e. The summed E-state index contributed by atoms with van der Waals surface area (Å²) in [5.74, 6) is -1.40. The van der Waals surface area contributed by atoms with Crippen LogP contribution in [0.15, 0.2) is 5.16 Å². The van der Waals surface area contributed by atoms with Crippen LogP contribution >= 0.6 is 0 Å². The Balaban J connectivity index is 1.78. The van der Waals surface area contributed by atoms with Gasteiger partial charge in [-0.3, -0.25) is 4.79 Å². The van der Waals surface area contributed by atoms with Crippen LogP contribution in [0.3, 0.4) is 0 Å². The number of aliphatic carboxylic acids is 1. The van der Waals surface area contributed by atoms with Crippen molar-refractivity contribution in [2.24, 2.45) is 10.6 Å². The first-order chi connectivity index (χ1) is 8.56. The van der Waals surface area contributed by atoms with E-state index in [0.717, 1.165) is 19.3 Å². The van der Waals surface area contributed by atoms with Crippen LogP contribution in [0.25, 0.3) is 0 Å². The second kappa shape index (κ2) is 4.96. The molecule has 2 rings (SSSR count). The van der Waals surface area contributed by atoms with Crippen molar-refractivity contribution < 1.29 is 19.5 Å². The van der Waals surface area contributed by atoms with E-state index in [1.54, 1.807) is 0 Å². The van der Waals surface area contributed by atoms with Crippen LogP contribution in [0.5, 0.6) is 0 Å². The summed E-state index contributed by atoms with van der Waals surface area (Å²) in [6, 6.07) is 0. The van der Waals surface area contributed by atoms with E-state index in [2.05, 4.69) is 17.4 Å². The fourth-order valence-corrected chi connectivity index (χ4v) is 2.36. The number of rotatable bonds is 5. The number of nitrogens with zero attached hydrogens (tertiary/aromatic N) is 1. The lowest BCUT2D eigenvalue weighted by atomic mass is 9.67. The van der Waals surface area contributed by atoms with Gasteiger partial charge in [-0.05, 0) is 24.7 Å². The summed E-state index contributed by atoms with van der Waals surface area (Å²) in [5, 5.41) is 15.0. The van der Waals surface area contributed by atoms with E-state index in [9.17, 15) is 9.59 Å². The van der Waals surface area contributed by atoms with E-state index >= 15 is 0 Å². The summed E-state index contributed by atoms with van der Waals surface area (Å²) in [6.07, 6.45) is 3.81. The van der Waals surface area contributed by atoms with Crippen LogP contribution in [-0.4, -0.2) is 35.3 Å². The molecule has 0 aromatic heterocycles. The number of carbonyl (C=O) groups excluding carboxylic acids is 1. The van der Waals surface area contributed by atoms with Crippen LogP contribution < -0.4 is 5.32 Å². The molecule has 0 aromatic rings. The molecule has 1 saturated carbocycles. The number of carboxylic acid groups (broad SMARTS) is 1. The summed E-state index contributed by atoms with van der Waals surface area (Å²) in [6.45, 7) is 2.77. The van der Waals surface area contributed by atoms with Gasteiger partial charge in [0.05, 0.1) is 0 Å². The topological polar surface area (TPSA) is 88.0 Å². The molecular formula is C12H18N2O4. The molecule has 1 aliphatic heterocycles. The van der Waals surface area contributed by atoms with Gasteiger partial charge in [-0.2, -0.15) is 0 Å². The summed E-state index contributed by atoms with van der Waals surface area (Å²) in [5.41, 5.74) is 0.147. The average Bonchev–Trinajstić information content (AvgIpc) is 2.77. The maximum Gasteiger partial charge on any atom is 0.353 e. The van der Waals surface area contributed by atoms with Gasteiger partial charge in [0.15, 0.2) is 5.71 Å². The van der Waals surface area contributed by atoms with Crippen LogP contribution in [0.4, 0.5) is 0 Å². The molecule has 2 aliphatic rings. The Morgan fingerprint density at radius 1 is 1.56 bits per heavy atom. The van der Waals surface area contributed by atoms with Crippen molar-refractivity contribution in [2.75, 3.05) is 6.54 Å². The Morgan fingerprint density at radius 3 is 2.72 bits per heavy atom. The Labute approximate surface area is 105 Å². The van der Waals surface area contributed by atoms with Crippen molar-refractivity contribution in [3.05, 3.63) is 0 Å². The third-order valence-corrected chi connectivity index (χ3v) is 4.01. The SMILES string of the molecule is CCC1(CNC(=O)C2CC(C(=O)O)=NO2)CCC1. The summed E-state index contributed by atoms with van der Waals surface area (Å²) < 4.78 is 0. The molecule has 0 spiro atoms. The normalized spacial score (nSPS) is 24.7. The molecule has 100 valence electrons. The van der Waals surface area contributed by atoms with Crippen molar-refractivity contribution in [3.8, 4) is 0 Å². The fraction of sp³-hybridized carbons (Fsp3) is 0.750. The van der Waals surface area contributed by atoms with Crippen LogP contribution in [0.1, 0.15) is 39.0 Å². The predicted molar refractivity (Wildman–Crippen MR) is 64.1 cm³/mol. The molecule has 1 unspecified atom stereocenters. The molecule has 1 amide bonds. The zero-order chi connectivity index (χ0) is 13.2. The van der Waals surface area contributed by atoms with E-state index < -0.39 is 12.1 Å². The van der Waals surface area contributed by atoms with Crippen molar-refractivity contribution in [1.82, 2.24) is 5.32 Å². The van der Waals surface area contributed by atoms with Crippen molar-refractivity contribution in [3.63, 3.8) is 0 Å². The third-order valence-electron chi connectivity index (χ3n) is 4.01. The minimum absolute atomic E-state index is 0.0420. The molecule has 1 heterocycles. The lowest BCUT2D eigenvalue weighted by Gasteiger charge is -2.41. The molecule has 0 radical (unpaired) electrons. The second-order valence-electron chi connectivity index (χ2n) is 5.07. The molecule has 6 nitrogen and oxygen atoms in total. The number of oxime groups is 1. The second-order valence-corrected chi connectivity index (χ2v) is 5.07. The molecular weight excluding hydrogens is 236 g/mol. The quantitative estimate of drug-likeness (QED) is 0.763. The predicted octanol–water partition coefficient (Wildman–Crippen LogP) is 0.912. The standard InChI is InChI=1S/C12H18N2O4/c1-2-12(4-3-5-12)7-13-10(15)9-6-8(11(16)17)14-18-9/h9H,2-7H2,1H3,(H,13,15)(H,16,17). The molecule has 6 heteroatoms. The van der Waals surface area contributed by atoms with E-state index in [4.69, 9.17) is 9.94 Å². The summed E-state index contributed by atoms with van der Waals surface area (Å²) >= 11 is 0. The van der Waals surface area contributed by atoms with Gasteiger partial charge >= 0.3 is 5.97 Å². The Kier molecular flexibility index (Phi) is 3.54. The van der Waals surface area contributed by atoms with Gasteiger partial charge in [-0.1, -0.05) is 18.5 Å². The van der Waals surface area contributed by atoms with E-state index in [0.29, 0.717) is 6.54 Å². The first-order valence-corrected chi connectivity index (χ1v) is 6.30. The first kappa shape index (κ1) is 12.9. The highest BCUT2D eigenvalue weighted by molar-refractivity contribution is 6.36. The third kappa shape index (κ3) is 2.47. The maximum atomic E-state index is 11.8. The van der Waals surface area contributed by atoms with Gasteiger partial charge in [0.25, 0.3) is 5.91 Å². The highest BCUT2D eigenvalue weighted by atomic mass is 16.6.